The van der Waals surface area contributed by atoms with Gasteiger partial charge in [-0.2, -0.15) is 0 Å². The maximum absolute atomic E-state index is 11.6. The number of aromatic nitrogens is 1. The highest BCUT2D eigenvalue weighted by molar-refractivity contribution is 5.92. The number of benzene rings is 1. The minimum atomic E-state index is -0.449. The molecule has 2 rings (SSSR count). The van der Waals surface area contributed by atoms with Gasteiger partial charge in [0, 0.05) is 5.56 Å². The number of ether oxygens (including phenoxy) is 2. The Balaban J connectivity index is 2.44. The van der Waals surface area contributed by atoms with E-state index in [1.54, 1.807) is 12.1 Å². The van der Waals surface area contributed by atoms with E-state index in [0.29, 0.717) is 18.1 Å². The molecule has 0 radical (unpaired) electrons. The second kappa shape index (κ2) is 6.00. The minimum Gasteiger partial charge on any atom is -0.477 e. The smallest absolute Gasteiger partial charge is 0.343 e. The van der Waals surface area contributed by atoms with Gasteiger partial charge >= 0.3 is 5.97 Å². The van der Waals surface area contributed by atoms with E-state index in [1.807, 2.05) is 37.3 Å². The van der Waals surface area contributed by atoms with Crippen LogP contribution in [-0.2, 0) is 4.74 Å². The van der Waals surface area contributed by atoms with Crippen LogP contribution in [0.3, 0.4) is 0 Å². The summed E-state index contributed by atoms with van der Waals surface area (Å²) < 4.78 is 10.1. The summed E-state index contributed by atoms with van der Waals surface area (Å²) in [5.41, 5.74) is 2.07. The van der Waals surface area contributed by atoms with Crippen molar-refractivity contribution in [3.8, 4) is 17.1 Å². The van der Waals surface area contributed by atoms with Crippen molar-refractivity contribution in [1.82, 2.24) is 4.98 Å². The van der Waals surface area contributed by atoms with Gasteiger partial charge in [0.25, 0.3) is 0 Å². The molecule has 0 spiro atoms. The van der Waals surface area contributed by atoms with Gasteiger partial charge in [0.05, 0.1) is 19.4 Å². The minimum absolute atomic E-state index is 0.302. The second-order valence-corrected chi connectivity index (χ2v) is 3.84. The molecule has 1 aromatic carbocycles. The quantitative estimate of drug-likeness (QED) is 0.790. The largest absolute Gasteiger partial charge is 0.477 e. The number of esters is 1. The average Bonchev–Trinajstić information content (AvgIpc) is 2.47. The third-order valence-electron chi connectivity index (χ3n) is 2.62. The molecule has 0 atom stereocenters. The third kappa shape index (κ3) is 2.91. The van der Waals surface area contributed by atoms with E-state index < -0.39 is 5.97 Å². The van der Waals surface area contributed by atoms with E-state index in [1.165, 1.54) is 7.11 Å². The SMILES string of the molecule is CCOc1nc(-c2ccccc2)ccc1C(=O)OC. The molecule has 2 aromatic rings. The molecule has 4 heteroatoms. The molecule has 0 amide bonds. The van der Waals surface area contributed by atoms with Crippen LogP contribution in [0.25, 0.3) is 11.3 Å². The number of carbonyl (C=O) groups is 1. The van der Waals surface area contributed by atoms with Gasteiger partial charge in [0.2, 0.25) is 5.88 Å². The molecule has 0 N–H and O–H groups in total. The Kier molecular flexibility index (Phi) is 4.13. The lowest BCUT2D eigenvalue weighted by Gasteiger charge is -2.09. The molecular weight excluding hydrogens is 242 g/mol. The molecular formula is C15H15NO3. The molecule has 19 heavy (non-hydrogen) atoms. The van der Waals surface area contributed by atoms with Gasteiger partial charge in [-0.3, -0.25) is 0 Å². The molecule has 0 fully saturated rings. The van der Waals surface area contributed by atoms with Crippen molar-refractivity contribution in [2.75, 3.05) is 13.7 Å². The number of hydrogen-bond donors (Lipinski definition) is 0. The highest BCUT2D eigenvalue weighted by Gasteiger charge is 2.15. The summed E-state index contributed by atoms with van der Waals surface area (Å²) in [6.07, 6.45) is 0. The summed E-state index contributed by atoms with van der Waals surface area (Å²) >= 11 is 0. The van der Waals surface area contributed by atoms with Crippen LogP contribution in [0.4, 0.5) is 0 Å². The molecule has 0 aliphatic heterocycles. The summed E-state index contributed by atoms with van der Waals surface area (Å²) in [6, 6.07) is 13.2. The third-order valence-corrected chi connectivity index (χ3v) is 2.62. The summed E-state index contributed by atoms with van der Waals surface area (Å²) in [6.45, 7) is 2.28. The molecule has 0 unspecified atom stereocenters. The van der Waals surface area contributed by atoms with E-state index in [0.717, 1.165) is 11.3 Å². The van der Waals surface area contributed by atoms with Crippen molar-refractivity contribution in [3.05, 3.63) is 48.0 Å². The van der Waals surface area contributed by atoms with Crippen molar-refractivity contribution in [2.45, 2.75) is 6.92 Å². The lowest BCUT2D eigenvalue weighted by molar-refractivity contribution is 0.0595. The van der Waals surface area contributed by atoms with E-state index in [4.69, 9.17) is 9.47 Å². The van der Waals surface area contributed by atoms with Crippen molar-refractivity contribution >= 4 is 5.97 Å². The number of methoxy groups -OCH3 is 1. The van der Waals surface area contributed by atoms with Crippen molar-refractivity contribution in [3.63, 3.8) is 0 Å². The summed E-state index contributed by atoms with van der Waals surface area (Å²) in [5.74, 6) is -0.147. The normalized spacial score (nSPS) is 10.0. The van der Waals surface area contributed by atoms with Crippen LogP contribution >= 0.6 is 0 Å². The lowest BCUT2D eigenvalue weighted by atomic mass is 10.1. The Morgan fingerprint density at radius 1 is 1.16 bits per heavy atom. The zero-order chi connectivity index (χ0) is 13.7. The highest BCUT2D eigenvalue weighted by atomic mass is 16.5. The number of rotatable bonds is 4. The molecule has 0 bridgehead atoms. The standard InChI is InChI=1S/C15H15NO3/c1-3-19-14-12(15(17)18-2)9-10-13(16-14)11-7-5-4-6-8-11/h4-10H,3H2,1-2H3. The predicted molar refractivity (Wildman–Crippen MR) is 72.2 cm³/mol. The maximum Gasteiger partial charge on any atom is 0.343 e. The van der Waals surface area contributed by atoms with Gasteiger partial charge in [0.15, 0.2) is 0 Å². The molecule has 0 aliphatic carbocycles. The maximum atomic E-state index is 11.6. The molecule has 1 aromatic heterocycles. The Labute approximate surface area is 112 Å². The Bertz CT molecular complexity index is 567. The van der Waals surface area contributed by atoms with Crippen LogP contribution in [0, 0.1) is 0 Å². The van der Waals surface area contributed by atoms with Crippen LogP contribution < -0.4 is 4.74 Å². The average molecular weight is 257 g/mol. The van der Waals surface area contributed by atoms with Crippen LogP contribution in [-0.4, -0.2) is 24.7 Å². The number of hydrogen-bond acceptors (Lipinski definition) is 4. The first-order valence-electron chi connectivity index (χ1n) is 6.03. The highest BCUT2D eigenvalue weighted by Crippen LogP contribution is 2.23. The van der Waals surface area contributed by atoms with E-state index in [-0.39, 0.29) is 0 Å². The Hall–Kier alpha value is -2.36. The zero-order valence-electron chi connectivity index (χ0n) is 10.9. The Morgan fingerprint density at radius 3 is 2.53 bits per heavy atom. The van der Waals surface area contributed by atoms with Gasteiger partial charge in [-0.05, 0) is 19.1 Å². The fourth-order valence-corrected chi connectivity index (χ4v) is 1.72. The number of nitrogens with zero attached hydrogens (tertiary/aromatic N) is 1. The summed E-state index contributed by atoms with van der Waals surface area (Å²) in [5, 5.41) is 0. The van der Waals surface area contributed by atoms with E-state index in [2.05, 4.69) is 4.98 Å². The molecule has 1 heterocycles. The molecule has 0 saturated heterocycles. The van der Waals surface area contributed by atoms with Gasteiger partial charge in [-0.15, -0.1) is 0 Å². The second-order valence-electron chi connectivity index (χ2n) is 3.84. The fourth-order valence-electron chi connectivity index (χ4n) is 1.72. The van der Waals surface area contributed by atoms with Crippen LogP contribution in [0.1, 0.15) is 17.3 Å². The van der Waals surface area contributed by atoms with E-state index in [9.17, 15) is 4.79 Å². The summed E-state index contributed by atoms with van der Waals surface area (Å²) in [7, 11) is 1.34. The van der Waals surface area contributed by atoms with Crippen molar-refractivity contribution < 1.29 is 14.3 Å². The van der Waals surface area contributed by atoms with Gasteiger partial charge in [-0.1, -0.05) is 30.3 Å². The number of pyridine rings is 1. The van der Waals surface area contributed by atoms with Crippen molar-refractivity contribution in [2.24, 2.45) is 0 Å². The predicted octanol–water partition coefficient (Wildman–Crippen LogP) is 2.93. The summed E-state index contributed by atoms with van der Waals surface area (Å²) in [4.78, 5) is 16.0. The first-order valence-corrected chi connectivity index (χ1v) is 6.03. The lowest BCUT2D eigenvalue weighted by Crippen LogP contribution is -2.07. The fraction of sp³-hybridized carbons (Fsp3) is 0.200. The van der Waals surface area contributed by atoms with Crippen LogP contribution in [0.5, 0.6) is 5.88 Å². The van der Waals surface area contributed by atoms with Crippen LogP contribution in [0.2, 0.25) is 0 Å². The Morgan fingerprint density at radius 2 is 1.89 bits per heavy atom. The molecule has 0 aliphatic rings. The zero-order valence-corrected chi connectivity index (χ0v) is 10.9. The molecule has 4 nitrogen and oxygen atoms in total. The molecule has 98 valence electrons. The topological polar surface area (TPSA) is 48.4 Å². The van der Waals surface area contributed by atoms with Gasteiger partial charge < -0.3 is 9.47 Å². The monoisotopic (exact) mass is 257 g/mol. The molecule has 0 saturated carbocycles. The van der Waals surface area contributed by atoms with Gasteiger partial charge in [-0.25, -0.2) is 9.78 Å². The van der Waals surface area contributed by atoms with E-state index >= 15 is 0 Å². The van der Waals surface area contributed by atoms with Crippen molar-refractivity contribution in [1.29, 1.82) is 0 Å². The first-order chi connectivity index (χ1) is 9.26. The van der Waals surface area contributed by atoms with Gasteiger partial charge in [0.1, 0.15) is 5.56 Å². The van der Waals surface area contributed by atoms with Crippen LogP contribution in [0.15, 0.2) is 42.5 Å². The number of carbonyl (C=O) groups excluding carboxylic acids is 1. The first kappa shape index (κ1) is 13.1.